The summed E-state index contributed by atoms with van der Waals surface area (Å²) in [6.45, 7) is 8.79. The van der Waals surface area contributed by atoms with Crippen molar-refractivity contribution in [1.82, 2.24) is 4.90 Å². The normalized spacial score (nSPS) is 17.7. The third-order valence-electron chi connectivity index (χ3n) is 7.36. The van der Waals surface area contributed by atoms with Crippen LogP contribution in [0.1, 0.15) is 52.2 Å². The molecular formula is C35H43NO12. The number of cyclic esters (lactones) is 1. The quantitative estimate of drug-likeness (QED) is 0.246. The lowest BCUT2D eigenvalue weighted by Gasteiger charge is -2.36. The number of nitrogens with zero attached hydrogens (tertiary/aromatic N) is 1. The highest BCUT2D eigenvalue weighted by Gasteiger charge is 2.51. The number of rotatable bonds is 13. The van der Waals surface area contributed by atoms with Crippen LogP contribution in [-0.2, 0) is 45.5 Å². The molecular weight excluding hydrogens is 626 g/mol. The van der Waals surface area contributed by atoms with Crippen LogP contribution >= 0.6 is 0 Å². The second-order valence-corrected chi connectivity index (χ2v) is 12.4. The van der Waals surface area contributed by atoms with Crippen molar-refractivity contribution in [3.8, 4) is 23.0 Å². The highest BCUT2D eigenvalue weighted by molar-refractivity contribution is 5.88. The van der Waals surface area contributed by atoms with Gasteiger partial charge in [-0.2, -0.15) is 0 Å². The lowest BCUT2D eigenvalue weighted by Crippen LogP contribution is -2.50. The van der Waals surface area contributed by atoms with Gasteiger partial charge in [0.1, 0.15) is 23.7 Å². The molecule has 0 N–H and O–H groups in total. The Morgan fingerprint density at radius 3 is 2.10 bits per heavy atom. The van der Waals surface area contributed by atoms with E-state index in [1.807, 2.05) is 13.8 Å². The second-order valence-electron chi connectivity index (χ2n) is 12.4. The molecule has 0 fully saturated rings. The van der Waals surface area contributed by atoms with Crippen molar-refractivity contribution >= 4 is 18.0 Å². The summed E-state index contributed by atoms with van der Waals surface area (Å²) in [6.07, 6.45) is 1.66. The molecule has 0 bridgehead atoms. The molecule has 0 radical (unpaired) electrons. The molecule has 2 heterocycles. The molecule has 260 valence electrons. The number of hydrogen-bond acceptors (Lipinski definition) is 12. The molecule has 4 rings (SSSR count). The van der Waals surface area contributed by atoms with Crippen LogP contribution in [0.2, 0.25) is 0 Å². The molecule has 13 nitrogen and oxygen atoms in total. The highest BCUT2D eigenvalue weighted by Crippen LogP contribution is 2.45. The van der Waals surface area contributed by atoms with Crippen LogP contribution in [0.15, 0.2) is 60.2 Å². The summed E-state index contributed by atoms with van der Waals surface area (Å²) in [5, 5.41) is 0. The van der Waals surface area contributed by atoms with Gasteiger partial charge in [0.05, 0.1) is 28.4 Å². The zero-order chi connectivity index (χ0) is 35.2. The summed E-state index contributed by atoms with van der Waals surface area (Å²) >= 11 is 0. The maximum atomic E-state index is 14.5. The van der Waals surface area contributed by atoms with E-state index in [2.05, 4.69) is 0 Å². The van der Waals surface area contributed by atoms with Crippen LogP contribution in [0.3, 0.4) is 0 Å². The van der Waals surface area contributed by atoms with E-state index in [0.717, 1.165) is 4.90 Å². The molecule has 1 amide bonds. The molecule has 2 aliphatic heterocycles. The smallest absolute Gasteiger partial charge is 0.421 e. The van der Waals surface area contributed by atoms with Gasteiger partial charge < -0.3 is 42.6 Å². The van der Waals surface area contributed by atoms with E-state index in [-0.39, 0.29) is 37.0 Å². The van der Waals surface area contributed by atoms with Gasteiger partial charge in [0, 0.05) is 23.6 Å². The van der Waals surface area contributed by atoms with Crippen molar-refractivity contribution in [3.05, 3.63) is 71.3 Å². The Hall–Kier alpha value is -5.07. The summed E-state index contributed by atoms with van der Waals surface area (Å²) in [6, 6.07) is 8.77. The molecule has 2 aromatic carbocycles. The fourth-order valence-electron chi connectivity index (χ4n) is 5.33. The van der Waals surface area contributed by atoms with E-state index >= 15 is 0 Å². The lowest BCUT2D eigenvalue weighted by molar-refractivity contribution is -0.191. The molecule has 0 aliphatic carbocycles. The maximum Gasteiger partial charge on any atom is 0.421 e. The predicted molar refractivity (Wildman–Crippen MR) is 171 cm³/mol. The number of benzene rings is 2. The summed E-state index contributed by atoms with van der Waals surface area (Å²) in [7, 11) is 5.98. The van der Waals surface area contributed by atoms with E-state index in [0.29, 0.717) is 34.1 Å². The third-order valence-corrected chi connectivity index (χ3v) is 7.36. The number of hydrogen-bond donors (Lipinski definition) is 0. The third kappa shape index (κ3) is 7.89. The van der Waals surface area contributed by atoms with E-state index in [9.17, 15) is 14.4 Å². The largest absolute Gasteiger partial charge is 0.497 e. The maximum absolute atomic E-state index is 14.5. The van der Waals surface area contributed by atoms with Crippen LogP contribution in [0, 0.1) is 5.92 Å². The average molecular weight is 670 g/mol. The monoisotopic (exact) mass is 669 g/mol. The first-order valence-corrected chi connectivity index (χ1v) is 15.3. The van der Waals surface area contributed by atoms with Crippen molar-refractivity contribution in [2.75, 3.05) is 35.2 Å². The van der Waals surface area contributed by atoms with Crippen molar-refractivity contribution < 1.29 is 57.0 Å². The Balaban J connectivity index is 1.84. The molecule has 0 saturated heterocycles. The van der Waals surface area contributed by atoms with Crippen LogP contribution < -0.4 is 18.9 Å². The van der Waals surface area contributed by atoms with Gasteiger partial charge in [-0.1, -0.05) is 13.8 Å². The number of carbonyl (C=O) groups excluding carboxylic acids is 3. The second kappa shape index (κ2) is 14.8. The zero-order valence-corrected chi connectivity index (χ0v) is 28.7. The summed E-state index contributed by atoms with van der Waals surface area (Å²) in [5.74, 6) is -1.97. The molecule has 0 spiro atoms. The summed E-state index contributed by atoms with van der Waals surface area (Å²) in [4.78, 5) is 42.3. The number of esters is 2. The molecule has 0 saturated carbocycles. The minimum atomic E-state index is -2.07. The zero-order valence-electron chi connectivity index (χ0n) is 28.7. The van der Waals surface area contributed by atoms with Crippen molar-refractivity contribution in [2.24, 2.45) is 5.92 Å². The SMILES string of the molecule is COc1ccc(C2(OC(=O)N(C3=COCO3)C(CC(C)C)C(=O)OC(C)(C)C)OC(=O)C=C2Cc2cc(OC)c(OC)c(OC)c2)cc1. The van der Waals surface area contributed by atoms with Gasteiger partial charge in [0.2, 0.25) is 18.4 Å². The molecule has 0 aromatic heterocycles. The van der Waals surface area contributed by atoms with Crippen molar-refractivity contribution in [2.45, 2.75) is 64.9 Å². The average Bonchev–Trinajstić information content (AvgIpc) is 3.67. The van der Waals surface area contributed by atoms with E-state index in [1.165, 1.54) is 40.8 Å². The Morgan fingerprint density at radius 2 is 1.60 bits per heavy atom. The first-order valence-electron chi connectivity index (χ1n) is 15.3. The predicted octanol–water partition coefficient (Wildman–Crippen LogP) is 5.60. The molecule has 2 aliphatic rings. The molecule has 2 atom stereocenters. The molecule has 2 aromatic rings. The van der Waals surface area contributed by atoms with Gasteiger partial charge >= 0.3 is 23.8 Å². The Labute approximate surface area is 280 Å². The Morgan fingerprint density at radius 1 is 0.958 bits per heavy atom. The first kappa shape index (κ1) is 35.8. The number of amides is 1. The van der Waals surface area contributed by atoms with E-state index in [1.54, 1.807) is 57.2 Å². The molecule has 2 unspecified atom stereocenters. The van der Waals surface area contributed by atoms with Crippen molar-refractivity contribution in [1.29, 1.82) is 0 Å². The topological polar surface area (TPSA) is 138 Å². The standard InChI is InChI=1S/C35H43NO12/c1-21(2)14-26(32(38)47-34(3,4)5)36(29-19-44-20-45-29)33(39)48-35(23-10-12-25(40-6)13-11-23)24(18-30(37)46-35)15-22-16-27(41-7)31(43-9)28(17-22)42-8/h10-13,16-19,21,26H,14-15,20H2,1-9H3. The van der Waals surface area contributed by atoms with Gasteiger partial charge in [0.15, 0.2) is 11.5 Å². The number of methoxy groups -OCH3 is 4. The van der Waals surface area contributed by atoms with Crippen LogP contribution in [0.5, 0.6) is 23.0 Å². The van der Waals surface area contributed by atoms with Gasteiger partial charge in [-0.15, -0.1) is 0 Å². The van der Waals surface area contributed by atoms with Crippen LogP contribution in [-0.4, -0.2) is 69.8 Å². The van der Waals surface area contributed by atoms with Gasteiger partial charge in [-0.3, -0.25) is 0 Å². The minimum absolute atomic E-state index is 0.0472. The Bertz CT molecular complexity index is 1530. The minimum Gasteiger partial charge on any atom is -0.497 e. The van der Waals surface area contributed by atoms with E-state index in [4.69, 9.17) is 42.6 Å². The molecule has 48 heavy (non-hydrogen) atoms. The molecule has 13 heteroatoms. The number of carbonyl (C=O) groups is 3. The van der Waals surface area contributed by atoms with E-state index < -0.39 is 35.5 Å². The highest BCUT2D eigenvalue weighted by atomic mass is 16.8. The van der Waals surface area contributed by atoms with Gasteiger partial charge in [0.25, 0.3) is 0 Å². The van der Waals surface area contributed by atoms with Crippen LogP contribution in [0.25, 0.3) is 0 Å². The lowest BCUT2D eigenvalue weighted by atomic mass is 9.92. The summed E-state index contributed by atoms with van der Waals surface area (Å²) < 4.78 is 50.6. The van der Waals surface area contributed by atoms with Crippen LogP contribution in [0.4, 0.5) is 4.79 Å². The Kier molecular flexibility index (Phi) is 11.0. The fourth-order valence-corrected chi connectivity index (χ4v) is 5.33. The first-order chi connectivity index (χ1) is 22.7. The van der Waals surface area contributed by atoms with Gasteiger partial charge in [-0.05, 0) is 75.1 Å². The number of ether oxygens (including phenoxy) is 9. The summed E-state index contributed by atoms with van der Waals surface area (Å²) in [5.41, 5.74) is 0.346. The van der Waals surface area contributed by atoms with Crippen molar-refractivity contribution in [3.63, 3.8) is 0 Å². The fraction of sp³-hybridized carbons (Fsp3) is 0.457. The van der Waals surface area contributed by atoms with Gasteiger partial charge in [-0.25, -0.2) is 19.3 Å².